The Kier molecular flexibility index (Phi) is 2.24. The average Bonchev–Trinajstić information content (AvgIpc) is 2.26. The van der Waals surface area contributed by atoms with E-state index in [1.807, 2.05) is 0 Å². The van der Waals surface area contributed by atoms with Crippen LogP contribution < -0.4 is 0 Å². The second kappa shape index (κ2) is 3.35. The zero-order chi connectivity index (χ0) is 12.0. The molecule has 2 rings (SSSR count). The predicted octanol–water partition coefficient (Wildman–Crippen LogP) is 1.99. The maximum atomic E-state index is 11.5. The number of carbonyl (C=O) groups is 2. The molecule has 1 aliphatic carbocycles. The van der Waals surface area contributed by atoms with E-state index >= 15 is 0 Å². The van der Waals surface area contributed by atoms with Gasteiger partial charge in [0, 0.05) is 5.56 Å². The number of aromatic hydroxyl groups is 2. The van der Waals surface area contributed by atoms with Gasteiger partial charge in [-0.3, -0.25) is 9.59 Å². The second-order valence-electron chi connectivity index (χ2n) is 3.45. The summed E-state index contributed by atoms with van der Waals surface area (Å²) < 4.78 is 0. The minimum Gasteiger partial charge on any atom is -0.507 e. The highest BCUT2D eigenvalue weighted by atomic mass is 35.5. The number of hydrogen-bond donors (Lipinski definition) is 2. The van der Waals surface area contributed by atoms with Crippen molar-refractivity contribution >= 4 is 23.2 Å². The van der Waals surface area contributed by atoms with Crippen molar-refractivity contribution < 1.29 is 19.8 Å². The lowest BCUT2D eigenvalue weighted by Gasteiger charge is -2.15. The normalized spacial score (nSPS) is 14.1. The molecular formula is C11H7ClO4. The van der Waals surface area contributed by atoms with Gasteiger partial charge in [0.25, 0.3) is 0 Å². The van der Waals surface area contributed by atoms with Gasteiger partial charge in [-0.05, 0) is 19.1 Å². The Hall–Kier alpha value is -1.81. The van der Waals surface area contributed by atoms with Crippen LogP contribution in [0.2, 0.25) is 5.02 Å². The van der Waals surface area contributed by atoms with Gasteiger partial charge in [-0.1, -0.05) is 11.6 Å². The Labute approximate surface area is 95.8 Å². The molecule has 2 N–H and O–H groups in total. The molecule has 0 radical (unpaired) electrons. The Balaban J connectivity index is 2.94. The van der Waals surface area contributed by atoms with Gasteiger partial charge < -0.3 is 10.2 Å². The molecular weight excluding hydrogens is 232 g/mol. The zero-order valence-electron chi connectivity index (χ0n) is 8.24. The van der Waals surface area contributed by atoms with E-state index in [-0.39, 0.29) is 27.5 Å². The lowest BCUT2D eigenvalue weighted by molar-refractivity contribution is 0.0989. The van der Waals surface area contributed by atoms with Gasteiger partial charge in [-0.25, -0.2) is 0 Å². The molecule has 0 fully saturated rings. The van der Waals surface area contributed by atoms with E-state index in [9.17, 15) is 19.8 Å². The first-order valence-electron chi connectivity index (χ1n) is 4.46. The third kappa shape index (κ3) is 1.23. The topological polar surface area (TPSA) is 74.6 Å². The molecule has 0 heterocycles. The molecule has 1 aliphatic rings. The smallest absolute Gasteiger partial charge is 0.190 e. The summed E-state index contributed by atoms with van der Waals surface area (Å²) in [7, 11) is 0. The van der Waals surface area contributed by atoms with Crippen LogP contribution in [0.3, 0.4) is 0 Å². The highest BCUT2D eigenvalue weighted by molar-refractivity contribution is 6.35. The molecule has 0 saturated heterocycles. The highest BCUT2D eigenvalue weighted by Gasteiger charge is 2.29. The number of benzene rings is 1. The number of allylic oxidation sites excluding steroid dienone is 2. The molecule has 0 aliphatic heterocycles. The molecule has 82 valence electrons. The molecule has 0 amide bonds. The summed E-state index contributed by atoms with van der Waals surface area (Å²) in [6, 6.07) is 0. The summed E-state index contributed by atoms with van der Waals surface area (Å²) in [5.74, 6) is -1.90. The van der Waals surface area contributed by atoms with Gasteiger partial charge in [0.05, 0.1) is 16.1 Å². The van der Waals surface area contributed by atoms with Crippen LogP contribution in [0.1, 0.15) is 26.3 Å². The zero-order valence-corrected chi connectivity index (χ0v) is 9.00. The Bertz CT molecular complexity index is 509. The van der Waals surface area contributed by atoms with Crippen LogP contribution in [0.15, 0.2) is 12.2 Å². The second-order valence-corrected chi connectivity index (χ2v) is 3.83. The number of halogens is 1. The standard InChI is InChI=1S/C11H7ClO4/c1-4-9(12)11(16)8-6(14)3-2-5(13)7(8)10(4)15/h2-3,15-16H,1H3. The summed E-state index contributed by atoms with van der Waals surface area (Å²) in [5, 5.41) is 19.3. The number of carbonyl (C=O) groups excluding carboxylic acids is 2. The van der Waals surface area contributed by atoms with Crippen molar-refractivity contribution in [3.63, 3.8) is 0 Å². The predicted molar refractivity (Wildman–Crippen MR) is 57.3 cm³/mol. The maximum Gasteiger partial charge on any atom is 0.190 e. The lowest BCUT2D eigenvalue weighted by Crippen LogP contribution is -2.13. The Morgan fingerprint density at radius 2 is 1.44 bits per heavy atom. The van der Waals surface area contributed by atoms with Gasteiger partial charge >= 0.3 is 0 Å². The fraction of sp³-hybridized carbons (Fsp3) is 0.0909. The molecule has 0 atom stereocenters. The molecule has 1 aromatic rings. The van der Waals surface area contributed by atoms with Crippen molar-refractivity contribution in [1.29, 1.82) is 0 Å². The first kappa shape index (κ1) is 10.7. The van der Waals surface area contributed by atoms with E-state index < -0.39 is 17.3 Å². The van der Waals surface area contributed by atoms with E-state index in [2.05, 4.69) is 0 Å². The Morgan fingerprint density at radius 1 is 1.00 bits per heavy atom. The molecule has 0 aromatic heterocycles. The van der Waals surface area contributed by atoms with Crippen molar-refractivity contribution in [2.75, 3.05) is 0 Å². The van der Waals surface area contributed by atoms with E-state index in [4.69, 9.17) is 11.6 Å². The number of hydrogen-bond acceptors (Lipinski definition) is 4. The van der Waals surface area contributed by atoms with Gasteiger partial charge in [0.2, 0.25) is 0 Å². The summed E-state index contributed by atoms with van der Waals surface area (Å²) in [6.45, 7) is 1.45. The van der Waals surface area contributed by atoms with Crippen molar-refractivity contribution in [3.8, 4) is 11.5 Å². The van der Waals surface area contributed by atoms with E-state index in [0.29, 0.717) is 0 Å². The molecule has 5 heteroatoms. The quantitative estimate of drug-likeness (QED) is 0.678. The SMILES string of the molecule is Cc1c(O)c2c(c(O)c1Cl)C(=O)C=CC2=O. The van der Waals surface area contributed by atoms with Gasteiger partial charge in [0.1, 0.15) is 11.5 Å². The maximum absolute atomic E-state index is 11.5. The number of phenols is 2. The lowest BCUT2D eigenvalue weighted by atomic mass is 9.91. The molecule has 0 spiro atoms. The summed E-state index contributed by atoms with van der Waals surface area (Å²) in [4.78, 5) is 23.0. The molecule has 1 aromatic carbocycles. The van der Waals surface area contributed by atoms with E-state index in [1.165, 1.54) is 6.92 Å². The van der Waals surface area contributed by atoms with Gasteiger partial charge in [0.15, 0.2) is 11.6 Å². The summed E-state index contributed by atoms with van der Waals surface area (Å²) in [6.07, 6.45) is 2.09. The van der Waals surface area contributed by atoms with Gasteiger partial charge in [-0.2, -0.15) is 0 Å². The Morgan fingerprint density at radius 3 is 1.94 bits per heavy atom. The first-order valence-corrected chi connectivity index (χ1v) is 4.83. The highest BCUT2D eigenvalue weighted by Crippen LogP contribution is 2.42. The fourth-order valence-electron chi connectivity index (χ4n) is 1.61. The molecule has 0 unspecified atom stereocenters. The number of fused-ring (bicyclic) bond motifs is 1. The van der Waals surface area contributed by atoms with Crippen molar-refractivity contribution in [3.05, 3.63) is 33.9 Å². The monoisotopic (exact) mass is 238 g/mol. The molecule has 16 heavy (non-hydrogen) atoms. The minimum atomic E-state index is -0.552. The largest absolute Gasteiger partial charge is 0.507 e. The minimum absolute atomic E-state index is 0.118. The summed E-state index contributed by atoms with van der Waals surface area (Å²) in [5.41, 5.74) is -0.248. The van der Waals surface area contributed by atoms with Crippen LogP contribution in [0.25, 0.3) is 0 Å². The molecule has 0 bridgehead atoms. The summed E-state index contributed by atoms with van der Waals surface area (Å²) >= 11 is 5.74. The third-order valence-electron chi connectivity index (χ3n) is 2.49. The number of phenolic OH excluding ortho intramolecular Hbond substituents is 2. The number of ketones is 2. The van der Waals surface area contributed by atoms with Crippen molar-refractivity contribution in [1.82, 2.24) is 0 Å². The van der Waals surface area contributed by atoms with Crippen molar-refractivity contribution in [2.24, 2.45) is 0 Å². The first-order chi connectivity index (χ1) is 7.45. The van der Waals surface area contributed by atoms with Crippen LogP contribution in [0.5, 0.6) is 11.5 Å². The van der Waals surface area contributed by atoms with Crippen molar-refractivity contribution in [2.45, 2.75) is 6.92 Å². The van der Waals surface area contributed by atoms with E-state index in [1.54, 1.807) is 0 Å². The van der Waals surface area contributed by atoms with Crippen LogP contribution in [0.4, 0.5) is 0 Å². The number of rotatable bonds is 0. The molecule has 0 saturated carbocycles. The molecule has 4 nitrogen and oxygen atoms in total. The van der Waals surface area contributed by atoms with Crippen LogP contribution in [-0.2, 0) is 0 Å². The van der Waals surface area contributed by atoms with Gasteiger partial charge in [-0.15, -0.1) is 0 Å². The van der Waals surface area contributed by atoms with Crippen LogP contribution in [-0.4, -0.2) is 21.8 Å². The van der Waals surface area contributed by atoms with Crippen LogP contribution >= 0.6 is 11.6 Å². The van der Waals surface area contributed by atoms with E-state index in [0.717, 1.165) is 12.2 Å². The average molecular weight is 239 g/mol. The van der Waals surface area contributed by atoms with Crippen LogP contribution in [0, 0.1) is 6.92 Å². The fourth-order valence-corrected chi connectivity index (χ4v) is 1.80. The third-order valence-corrected chi connectivity index (χ3v) is 2.96.